The molecule has 3 rings (SSSR count). The quantitative estimate of drug-likeness (QED) is 0.701. The van der Waals surface area contributed by atoms with Crippen molar-refractivity contribution in [2.75, 3.05) is 5.73 Å². The topological polar surface area (TPSA) is 83.1 Å². The Balaban J connectivity index is 1.86. The van der Waals surface area contributed by atoms with Gasteiger partial charge in [-0.25, -0.2) is 4.52 Å². The Kier molecular flexibility index (Phi) is 2.36. The Morgan fingerprint density at radius 1 is 1.17 bits per heavy atom. The van der Waals surface area contributed by atoms with Gasteiger partial charge < -0.3 is 10.3 Å². The van der Waals surface area contributed by atoms with E-state index in [2.05, 4.69) is 10.2 Å². The molecule has 0 amide bonds. The van der Waals surface area contributed by atoms with Gasteiger partial charge in [0.05, 0.1) is 12.7 Å². The molecule has 0 saturated heterocycles. The van der Waals surface area contributed by atoms with Crippen LogP contribution in [0, 0.1) is 0 Å². The number of aryl methyl sites for hydroxylation is 2. The maximum Gasteiger partial charge on any atom is 0.276 e. The molecular weight excluding hydrogens is 232 g/mol. The second-order valence-corrected chi connectivity index (χ2v) is 3.96. The smallest absolute Gasteiger partial charge is 0.276 e. The first kappa shape index (κ1) is 10.6. The molecule has 0 atom stereocenters. The lowest BCUT2D eigenvalue weighted by atomic mass is 10.5. The van der Waals surface area contributed by atoms with Crippen LogP contribution in [0.15, 0.2) is 41.7 Å². The van der Waals surface area contributed by atoms with Gasteiger partial charge in [-0.15, -0.1) is 0 Å². The average Bonchev–Trinajstić information content (AvgIpc) is 2.97. The Morgan fingerprint density at radius 2 is 2.06 bits per heavy atom. The Labute approximate surface area is 102 Å². The van der Waals surface area contributed by atoms with Crippen LogP contribution in [0.2, 0.25) is 0 Å². The molecule has 0 fully saturated rings. The molecule has 0 aliphatic carbocycles. The maximum absolute atomic E-state index is 12.1. The zero-order chi connectivity index (χ0) is 12.5. The zero-order valence-corrected chi connectivity index (χ0v) is 9.60. The molecular formula is C11H12N6O. The van der Waals surface area contributed by atoms with E-state index in [-0.39, 0.29) is 5.56 Å². The van der Waals surface area contributed by atoms with E-state index in [9.17, 15) is 4.79 Å². The normalized spacial score (nSPS) is 11.1. The van der Waals surface area contributed by atoms with Crippen molar-refractivity contribution >= 4 is 11.3 Å². The van der Waals surface area contributed by atoms with Gasteiger partial charge in [0.1, 0.15) is 11.3 Å². The lowest BCUT2D eigenvalue weighted by molar-refractivity contribution is 0.524. The highest BCUT2D eigenvalue weighted by molar-refractivity contribution is 5.42. The third kappa shape index (κ3) is 1.75. The number of nitrogen functional groups attached to an aromatic ring is 1. The predicted octanol–water partition coefficient (Wildman–Crippen LogP) is -0.0251. The molecule has 3 aromatic heterocycles. The standard InChI is InChI=1S/C11H12N6O/c12-10-2-4-16(14-10)7-5-15-6-8-17-9(11(15)18)1-3-13-17/h1-4,6,8H,5,7H2,(H2,12,14). The van der Waals surface area contributed by atoms with E-state index in [1.807, 2.05) is 0 Å². The Hall–Kier alpha value is -2.57. The largest absolute Gasteiger partial charge is 0.382 e. The minimum Gasteiger partial charge on any atom is -0.382 e. The molecule has 7 heteroatoms. The fraction of sp³-hybridized carbons (Fsp3) is 0.182. The van der Waals surface area contributed by atoms with Crippen LogP contribution < -0.4 is 11.3 Å². The highest BCUT2D eigenvalue weighted by Crippen LogP contribution is 1.98. The van der Waals surface area contributed by atoms with Gasteiger partial charge >= 0.3 is 0 Å². The summed E-state index contributed by atoms with van der Waals surface area (Å²) in [5.74, 6) is 0.480. The van der Waals surface area contributed by atoms with Gasteiger partial charge in [-0.05, 0) is 12.1 Å². The van der Waals surface area contributed by atoms with Crippen molar-refractivity contribution in [2.45, 2.75) is 13.1 Å². The van der Waals surface area contributed by atoms with Crippen LogP contribution in [0.3, 0.4) is 0 Å². The van der Waals surface area contributed by atoms with Crippen molar-refractivity contribution in [3.05, 3.63) is 47.3 Å². The van der Waals surface area contributed by atoms with Crippen molar-refractivity contribution < 1.29 is 0 Å². The summed E-state index contributed by atoms with van der Waals surface area (Å²) in [6.07, 6.45) is 6.87. The first-order valence-corrected chi connectivity index (χ1v) is 5.56. The molecule has 0 aliphatic rings. The van der Waals surface area contributed by atoms with Crippen molar-refractivity contribution in [2.24, 2.45) is 0 Å². The first-order valence-electron chi connectivity index (χ1n) is 5.56. The molecule has 2 N–H and O–H groups in total. The van der Waals surface area contributed by atoms with Crippen molar-refractivity contribution in [1.82, 2.24) is 24.0 Å². The van der Waals surface area contributed by atoms with Gasteiger partial charge in [0.2, 0.25) is 0 Å². The first-order chi connectivity index (χ1) is 8.74. The molecule has 0 aliphatic heterocycles. The summed E-state index contributed by atoms with van der Waals surface area (Å²) in [5.41, 5.74) is 6.03. The summed E-state index contributed by atoms with van der Waals surface area (Å²) >= 11 is 0. The van der Waals surface area contributed by atoms with Crippen LogP contribution in [0.1, 0.15) is 0 Å². The van der Waals surface area contributed by atoms with E-state index in [1.165, 1.54) is 0 Å². The summed E-state index contributed by atoms with van der Waals surface area (Å²) in [6.45, 7) is 1.14. The van der Waals surface area contributed by atoms with Crippen molar-refractivity contribution in [3.8, 4) is 0 Å². The molecule has 18 heavy (non-hydrogen) atoms. The molecule has 7 nitrogen and oxygen atoms in total. The summed E-state index contributed by atoms with van der Waals surface area (Å²) in [4.78, 5) is 12.1. The van der Waals surface area contributed by atoms with Crippen molar-refractivity contribution in [3.63, 3.8) is 0 Å². The number of rotatable bonds is 3. The fourth-order valence-corrected chi connectivity index (χ4v) is 1.85. The molecule has 92 valence electrons. The summed E-state index contributed by atoms with van der Waals surface area (Å²) in [6, 6.07) is 3.42. The second kappa shape index (κ2) is 4.02. The van der Waals surface area contributed by atoms with Crippen molar-refractivity contribution in [1.29, 1.82) is 0 Å². The zero-order valence-electron chi connectivity index (χ0n) is 9.60. The van der Waals surface area contributed by atoms with E-state index in [0.29, 0.717) is 24.4 Å². The van der Waals surface area contributed by atoms with Crippen LogP contribution in [0.5, 0.6) is 0 Å². The predicted molar refractivity (Wildman–Crippen MR) is 66.1 cm³/mol. The number of anilines is 1. The molecule has 3 aromatic rings. The summed E-state index contributed by atoms with van der Waals surface area (Å²) < 4.78 is 4.90. The molecule has 0 saturated carbocycles. The SMILES string of the molecule is Nc1ccn(CCn2ccn3nccc3c2=O)n1. The van der Waals surface area contributed by atoms with Crippen LogP contribution in [0.4, 0.5) is 5.82 Å². The van der Waals surface area contributed by atoms with E-state index >= 15 is 0 Å². The minimum atomic E-state index is -0.0601. The van der Waals surface area contributed by atoms with E-state index in [1.54, 1.807) is 50.7 Å². The lowest BCUT2D eigenvalue weighted by Gasteiger charge is -2.06. The summed E-state index contributed by atoms with van der Waals surface area (Å²) in [7, 11) is 0. The van der Waals surface area contributed by atoms with Gasteiger partial charge in [-0.3, -0.25) is 9.48 Å². The number of fused-ring (bicyclic) bond motifs is 1. The number of hydrogen-bond acceptors (Lipinski definition) is 4. The highest BCUT2D eigenvalue weighted by atomic mass is 16.1. The molecule has 0 spiro atoms. The molecule has 0 aromatic carbocycles. The van der Waals surface area contributed by atoms with Crippen LogP contribution in [-0.2, 0) is 13.1 Å². The monoisotopic (exact) mass is 244 g/mol. The molecule has 0 radical (unpaired) electrons. The second-order valence-electron chi connectivity index (χ2n) is 3.96. The van der Waals surface area contributed by atoms with Gasteiger partial charge in [-0.1, -0.05) is 0 Å². The van der Waals surface area contributed by atoms with Crippen LogP contribution in [0.25, 0.3) is 5.52 Å². The Morgan fingerprint density at radius 3 is 2.83 bits per heavy atom. The lowest BCUT2D eigenvalue weighted by Crippen LogP contribution is -2.23. The number of hydrogen-bond donors (Lipinski definition) is 1. The summed E-state index contributed by atoms with van der Waals surface area (Å²) in [5, 5.41) is 8.08. The molecule has 0 bridgehead atoms. The number of nitrogens with zero attached hydrogens (tertiary/aromatic N) is 5. The van der Waals surface area contributed by atoms with Crippen LogP contribution >= 0.6 is 0 Å². The van der Waals surface area contributed by atoms with E-state index in [0.717, 1.165) is 0 Å². The molecule has 3 heterocycles. The highest BCUT2D eigenvalue weighted by Gasteiger charge is 2.03. The Bertz CT molecular complexity index is 737. The third-order valence-electron chi connectivity index (χ3n) is 2.77. The molecule has 0 unspecified atom stereocenters. The third-order valence-corrected chi connectivity index (χ3v) is 2.77. The van der Waals surface area contributed by atoms with Gasteiger partial charge in [0.15, 0.2) is 0 Å². The maximum atomic E-state index is 12.1. The average molecular weight is 244 g/mol. The van der Waals surface area contributed by atoms with Crippen LogP contribution in [-0.4, -0.2) is 24.0 Å². The number of aromatic nitrogens is 5. The van der Waals surface area contributed by atoms with Gasteiger partial charge in [0, 0.05) is 25.1 Å². The van der Waals surface area contributed by atoms with E-state index < -0.39 is 0 Å². The van der Waals surface area contributed by atoms with E-state index in [4.69, 9.17) is 5.73 Å². The van der Waals surface area contributed by atoms with Gasteiger partial charge in [-0.2, -0.15) is 10.2 Å². The fourth-order valence-electron chi connectivity index (χ4n) is 1.85. The van der Waals surface area contributed by atoms with Gasteiger partial charge in [0.25, 0.3) is 5.56 Å². The number of nitrogens with two attached hydrogens (primary N) is 1. The minimum absolute atomic E-state index is 0.0601.